The molecular weight excluding hydrogens is 701 g/mol. The van der Waals surface area contributed by atoms with Crippen LogP contribution in [0.25, 0.3) is 55.3 Å². The van der Waals surface area contributed by atoms with Crippen LogP contribution in [0.2, 0.25) is 0 Å². The summed E-state index contributed by atoms with van der Waals surface area (Å²) in [5, 5.41) is 2.42. The summed E-state index contributed by atoms with van der Waals surface area (Å²) >= 11 is 0. The van der Waals surface area contributed by atoms with E-state index in [1.807, 2.05) is 6.08 Å². The average Bonchev–Trinajstić information content (AvgIpc) is 3.59. The van der Waals surface area contributed by atoms with E-state index in [1.54, 1.807) is 0 Å². The maximum absolute atomic E-state index is 4.82. The molecule has 1 aromatic heterocycles. The topological polar surface area (TPSA) is 8.17 Å². The number of para-hydroxylation sites is 1. The molecule has 284 valence electrons. The lowest BCUT2D eigenvalue weighted by molar-refractivity contribution is 0.972. The third kappa shape index (κ3) is 6.82. The minimum Gasteiger partial charge on any atom is -0.314 e. The fourth-order valence-corrected chi connectivity index (χ4v) is 8.42. The molecule has 0 fully saturated rings. The van der Waals surface area contributed by atoms with Crippen LogP contribution in [-0.4, -0.2) is 4.57 Å². The molecule has 0 aliphatic carbocycles. The van der Waals surface area contributed by atoms with Gasteiger partial charge in [-0.3, -0.25) is 0 Å². The van der Waals surface area contributed by atoms with E-state index in [0.717, 1.165) is 62.6 Å². The highest BCUT2D eigenvalue weighted by Crippen LogP contribution is 2.44. The predicted molar refractivity (Wildman–Crippen MR) is 251 cm³/mol. The molecule has 0 saturated carbocycles. The van der Waals surface area contributed by atoms with Gasteiger partial charge in [0.25, 0.3) is 0 Å². The van der Waals surface area contributed by atoms with E-state index < -0.39 is 0 Å². The van der Waals surface area contributed by atoms with Gasteiger partial charge in [0, 0.05) is 33.4 Å². The van der Waals surface area contributed by atoms with E-state index in [1.165, 1.54) is 55.2 Å². The second-order valence-electron chi connectivity index (χ2n) is 15.3. The van der Waals surface area contributed by atoms with E-state index >= 15 is 0 Å². The Morgan fingerprint density at radius 1 is 0.603 bits per heavy atom. The quantitative estimate of drug-likeness (QED) is 0.150. The molecule has 0 radical (unpaired) electrons. The summed E-state index contributed by atoms with van der Waals surface area (Å²) in [4.78, 5) is 2.44. The van der Waals surface area contributed by atoms with Gasteiger partial charge in [-0.1, -0.05) is 148 Å². The van der Waals surface area contributed by atoms with Crippen LogP contribution in [0.1, 0.15) is 46.6 Å². The van der Waals surface area contributed by atoms with Gasteiger partial charge in [0.2, 0.25) is 0 Å². The zero-order valence-corrected chi connectivity index (χ0v) is 34.3. The van der Waals surface area contributed by atoms with Gasteiger partial charge in [-0.15, -0.1) is 0 Å². The summed E-state index contributed by atoms with van der Waals surface area (Å²) < 4.78 is 2.40. The standard InChI is InChI=1S/C56H50N2/c1-9-38(5)56-55(49(10-2)37(3)4)39(6)34-51(40(7)41(8)57(56)48-30-26-44(27-31-48)42-20-14-11-15-21-42)46-29-33-53-52(35-46)50-32-28-45(43-22-16-12-17-23-43)36-54(50)58(53)47-24-18-13-19-25-47/h10-36H,2-3,6,9H2,1,4-5,7-8H3/b41-40-,51-34+,55-49-,56-38+. The third-order valence-electron chi connectivity index (χ3n) is 11.7. The van der Waals surface area contributed by atoms with E-state index in [-0.39, 0.29) is 0 Å². The lowest BCUT2D eigenvalue weighted by Gasteiger charge is -2.36. The molecule has 58 heavy (non-hydrogen) atoms. The Bertz CT molecular complexity index is 2860. The van der Waals surface area contributed by atoms with Crippen molar-refractivity contribution >= 4 is 33.1 Å². The third-order valence-corrected chi connectivity index (χ3v) is 11.7. The van der Waals surface area contributed by atoms with Crippen molar-refractivity contribution in [2.45, 2.75) is 41.0 Å². The van der Waals surface area contributed by atoms with Gasteiger partial charge in [-0.25, -0.2) is 0 Å². The van der Waals surface area contributed by atoms with Crippen LogP contribution in [0.3, 0.4) is 0 Å². The second-order valence-corrected chi connectivity index (χ2v) is 15.3. The van der Waals surface area contributed by atoms with Crippen LogP contribution in [0.5, 0.6) is 0 Å². The number of fused-ring (bicyclic) bond motifs is 3. The number of allylic oxidation sites excluding steroid dienone is 9. The molecule has 1 aliphatic rings. The molecule has 2 heteroatoms. The van der Waals surface area contributed by atoms with Crippen LogP contribution in [0.15, 0.2) is 228 Å². The molecule has 0 spiro atoms. The zero-order valence-electron chi connectivity index (χ0n) is 34.3. The molecule has 0 N–H and O–H groups in total. The van der Waals surface area contributed by atoms with E-state index in [4.69, 9.17) is 6.58 Å². The van der Waals surface area contributed by atoms with Crippen molar-refractivity contribution in [2.75, 3.05) is 4.90 Å². The number of benzene rings is 6. The van der Waals surface area contributed by atoms with Crippen molar-refractivity contribution in [3.63, 3.8) is 0 Å². The number of hydrogen-bond donors (Lipinski definition) is 0. The Hall–Kier alpha value is -6.90. The van der Waals surface area contributed by atoms with Crippen molar-refractivity contribution in [1.82, 2.24) is 4.57 Å². The minimum atomic E-state index is 0.877. The number of rotatable bonds is 8. The van der Waals surface area contributed by atoms with Crippen LogP contribution >= 0.6 is 0 Å². The summed E-state index contributed by atoms with van der Waals surface area (Å²) in [6, 6.07) is 54.6. The molecule has 0 bridgehead atoms. The Balaban J connectivity index is 1.37. The second kappa shape index (κ2) is 15.9. The number of hydrogen-bond acceptors (Lipinski definition) is 1. The van der Waals surface area contributed by atoms with E-state index in [9.17, 15) is 0 Å². The zero-order chi connectivity index (χ0) is 40.5. The predicted octanol–water partition coefficient (Wildman–Crippen LogP) is 15.6. The van der Waals surface area contributed by atoms with Crippen LogP contribution in [0.4, 0.5) is 5.69 Å². The molecule has 2 heterocycles. The summed E-state index contributed by atoms with van der Waals surface area (Å²) in [6.45, 7) is 24.6. The first-order valence-electron chi connectivity index (χ1n) is 20.2. The first-order valence-corrected chi connectivity index (χ1v) is 20.2. The van der Waals surface area contributed by atoms with E-state index in [2.05, 4.69) is 215 Å². The number of aromatic nitrogens is 1. The van der Waals surface area contributed by atoms with Crippen molar-refractivity contribution in [3.05, 3.63) is 234 Å². The molecule has 7 aromatic rings. The van der Waals surface area contributed by atoms with Crippen LogP contribution in [-0.2, 0) is 0 Å². The van der Waals surface area contributed by atoms with Gasteiger partial charge in [-0.2, -0.15) is 0 Å². The maximum atomic E-state index is 4.82. The molecule has 0 saturated heterocycles. The first-order chi connectivity index (χ1) is 28.2. The normalized spacial score (nSPS) is 17.4. The van der Waals surface area contributed by atoms with Gasteiger partial charge in [0.1, 0.15) is 0 Å². The lowest BCUT2D eigenvalue weighted by atomic mass is 9.84. The van der Waals surface area contributed by atoms with Gasteiger partial charge >= 0.3 is 0 Å². The summed E-state index contributed by atoms with van der Waals surface area (Å²) in [7, 11) is 0. The number of nitrogens with zero attached hydrogens (tertiary/aromatic N) is 2. The fraction of sp³-hybridized carbons (Fsp3) is 0.107. The average molecular weight is 751 g/mol. The summed E-state index contributed by atoms with van der Waals surface area (Å²) in [6.07, 6.45) is 5.10. The highest BCUT2D eigenvalue weighted by Gasteiger charge is 2.28. The molecule has 1 aliphatic heterocycles. The van der Waals surface area contributed by atoms with Gasteiger partial charge in [-0.05, 0) is 138 Å². The Kier molecular flexibility index (Phi) is 10.4. The summed E-state index contributed by atoms with van der Waals surface area (Å²) in [5.74, 6) is 0. The molecule has 0 atom stereocenters. The highest BCUT2D eigenvalue weighted by atomic mass is 15.2. The van der Waals surface area contributed by atoms with Crippen molar-refractivity contribution in [2.24, 2.45) is 0 Å². The Morgan fingerprint density at radius 3 is 1.78 bits per heavy atom. The minimum absolute atomic E-state index is 0.877. The Labute approximate surface area is 344 Å². The molecule has 8 rings (SSSR count). The van der Waals surface area contributed by atoms with Crippen molar-refractivity contribution < 1.29 is 0 Å². The molecular formula is C56H50N2. The van der Waals surface area contributed by atoms with Gasteiger partial charge in [0.15, 0.2) is 0 Å². The lowest BCUT2D eigenvalue weighted by Crippen LogP contribution is -2.26. The van der Waals surface area contributed by atoms with Crippen LogP contribution < -0.4 is 4.90 Å². The summed E-state index contributed by atoms with van der Waals surface area (Å²) in [5.41, 5.74) is 20.3. The first kappa shape index (κ1) is 38.0. The van der Waals surface area contributed by atoms with E-state index in [0.29, 0.717) is 0 Å². The monoisotopic (exact) mass is 750 g/mol. The van der Waals surface area contributed by atoms with Gasteiger partial charge < -0.3 is 9.47 Å². The highest BCUT2D eigenvalue weighted by molar-refractivity contribution is 6.11. The molecule has 6 aromatic carbocycles. The SMILES string of the molecule is C=C/C(C(=C)C)=C1\C(=C)/C=C(c2ccc3c(c2)c2ccc(-c4ccccc4)cc2n3-c2ccccc2)\C(C)=C(\C)N(c2ccc(-c3ccccc3)cc2)\C1=C(/C)CC. The molecule has 0 unspecified atom stereocenters. The molecule has 2 nitrogen and oxygen atoms in total. The van der Waals surface area contributed by atoms with Crippen molar-refractivity contribution in [1.29, 1.82) is 0 Å². The largest absolute Gasteiger partial charge is 0.314 e. The smallest absolute Gasteiger partial charge is 0.0547 e. The van der Waals surface area contributed by atoms with Crippen molar-refractivity contribution in [3.8, 4) is 27.9 Å². The van der Waals surface area contributed by atoms with Crippen LogP contribution in [0, 0.1) is 0 Å². The Morgan fingerprint density at radius 2 is 1.17 bits per heavy atom. The maximum Gasteiger partial charge on any atom is 0.0547 e. The number of anilines is 1. The molecule has 0 amide bonds. The van der Waals surface area contributed by atoms with Gasteiger partial charge in [0.05, 0.1) is 16.7 Å². The fourth-order valence-electron chi connectivity index (χ4n) is 8.42.